The van der Waals surface area contributed by atoms with Crippen molar-refractivity contribution >= 4 is 27.5 Å². The second-order valence-corrected chi connectivity index (χ2v) is 8.50. The molecule has 3 rings (SSSR count). The highest BCUT2D eigenvalue weighted by atomic mass is 35.5. The van der Waals surface area contributed by atoms with E-state index in [9.17, 15) is 13.2 Å². The Morgan fingerprint density at radius 2 is 1.77 bits per heavy atom. The van der Waals surface area contributed by atoms with Gasteiger partial charge in [0.25, 0.3) is 5.91 Å². The van der Waals surface area contributed by atoms with Gasteiger partial charge >= 0.3 is 0 Å². The van der Waals surface area contributed by atoms with Crippen LogP contribution in [0.25, 0.3) is 0 Å². The summed E-state index contributed by atoms with van der Waals surface area (Å²) >= 11 is 6.15. The molecule has 30 heavy (non-hydrogen) atoms. The van der Waals surface area contributed by atoms with Gasteiger partial charge in [-0.1, -0.05) is 48.0 Å². The third-order valence-corrected chi connectivity index (χ3v) is 5.79. The third-order valence-electron chi connectivity index (χ3n) is 4.09. The Balaban J connectivity index is 1.54. The van der Waals surface area contributed by atoms with E-state index >= 15 is 0 Å². The molecule has 0 bridgehead atoms. The quantitative estimate of drug-likeness (QED) is 0.527. The number of pyridine rings is 1. The smallest absolute Gasteiger partial charge is 0.258 e. The van der Waals surface area contributed by atoms with Gasteiger partial charge in [-0.15, -0.1) is 0 Å². The number of carbonyl (C=O) groups is 1. The fourth-order valence-corrected chi connectivity index (χ4v) is 3.86. The molecule has 156 valence electrons. The van der Waals surface area contributed by atoms with Gasteiger partial charge in [0, 0.05) is 25.5 Å². The summed E-state index contributed by atoms with van der Waals surface area (Å²) in [6.07, 6.45) is 3.31. The van der Waals surface area contributed by atoms with Crippen molar-refractivity contribution in [2.45, 2.75) is 18.0 Å². The number of nitrogens with zero attached hydrogens (tertiary/aromatic N) is 1. The molecule has 0 aliphatic carbocycles. The summed E-state index contributed by atoms with van der Waals surface area (Å²) in [5.74, 6) is -0.119. The van der Waals surface area contributed by atoms with Crippen LogP contribution >= 0.6 is 11.6 Å². The predicted octanol–water partition coefficient (Wildman–Crippen LogP) is 2.91. The highest BCUT2D eigenvalue weighted by Gasteiger charge is 2.16. The van der Waals surface area contributed by atoms with Crippen molar-refractivity contribution in [3.05, 3.63) is 89.2 Å². The Morgan fingerprint density at radius 3 is 2.47 bits per heavy atom. The van der Waals surface area contributed by atoms with Gasteiger partial charge in [0.2, 0.25) is 10.0 Å². The average molecular weight is 446 g/mol. The average Bonchev–Trinajstić information content (AvgIpc) is 2.77. The number of ether oxygens (including phenoxy) is 1. The lowest BCUT2D eigenvalue weighted by molar-refractivity contribution is -0.123. The minimum absolute atomic E-state index is 0.0109. The van der Waals surface area contributed by atoms with E-state index in [1.165, 1.54) is 18.2 Å². The van der Waals surface area contributed by atoms with Crippen molar-refractivity contribution in [1.29, 1.82) is 0 Å². The highest BCUT2D eigenvalue weighted by molar-refractivity contribution is 7.89. The summed E-state index contributed by atoms with van der Waals surface area (Å²) in [5, 5.41) is 2.80. The highest BCUT2D eigenvalue weighted by Crippen LogP contribution is 2.27. The van der Waals surface area contributed by atoms with Crippen LogP contribution in [0.2, 0.25) is 5.02 Å². The number of aromatic nitrogens is 1. The summed E-state index contributed by atoms with van der Waals surface area (Å²) in [7, 11) is -3.74. The van der Waals surface area contributed by atoms with Gasteiger partial charge in [-0.25, -0.2) is 13.1 Å². The van der Waals surface area contributed by atoms with Crippen LogP contribution in [0.3, 0.4) is 0 Å². The summed E-state index contributed by atoms with van der Waals surface area (Å²) in [6, 6.07) is 16.9. The summed E-state index contributed by atoms with van der Waals surface area (Å²) in [4.78, 5) is 15.9. The van der Waals surface area contributed by atoms with E-state index in [1.807, 2.05) is 36.4 Å². The van der Waals surface area contributed by atoms with E-state index in [1.54, 1.807) is 18.5 Å². The number of nitrogens with one attached hydrogen (secondary N) is 2. The molecule has 1 aromatic heterocycles. The molecule has 0 spiro atoms. The molecule has 1 amide bonds. The lowest BCUT2D eigenvalue weighted by Gasteiger charge is -2.11. The van der Waals surface area contributed by atoms with Crippen molar-refractivity contribution in [2.75, 3.05) is 6.61 Å². The molecule has 0 unspecified atom stereocenters. The first-order valence-electron chi connectivity index (χ1n) is 9.05. The van der Waals surface area contributed by atoms with Crippen molar-refractivity contribution in [3.8, 4) is 5.75 Å². The van der Waals surface area contributed by atoms with Crippen molar-refractivity contribution in [3.63, 3.8) is 0 Å². The molecule has 0 atom stereocenters. The zero-order valence-corrected chi connectivity index (χ0v) is 17.5. The van der Waals surface area contributed by atoms with E-state index < -0.39 is 10.0 Å². The first kappa shape index (κ1) is 21.8. The number of rotatable bonds is 9. The predicted molar refractivity (Wildman–Crippen MR) is 113 cm³/mol. The summed E-state index contributed by atoms with van der Waals surface area (Å²) < 4.78 is 32.9. The number of carbonyl (C=O) groups excluding carboxylic acids is 1. The molecule has 9 heteroatoms. The molecule has 0 saturated carbocycles. The molecule has 2 aromatic carbocycles. The van der Waals surface area contributed by atoms with Crippen molar-refractivity contribution < 1.29 is 17.9 Å². The fraction of sp³-hybridized carbons (Fsp3) is 0.143. The topological polar surface area (TPSA) is 97.4 Å². The Hall–Kier alpha value is -2.94. The van der Waals surface area contributed by atoms with E-state index in [0.717, 1.165) is 11.1 Å². The van der Waals surface area contributed by atoms with E-state index in [2.05, 4.69) is 15.0 Å². The van der Waals surface area contributed by atoms with Crippen LogP contribution in [0.1, 0.15) is 11.1 Å². The zero-order chi connectivity index (χ0) is 21.4. The molecule has 3 aromatic rings. The second kappa shape index (κ2) is 10.2. The normalized spacial score (nSPS) is 11.1. The SMILES string of the molecule is O=C(COc1ccc(S(=O)(=O)NCc2ccccc2)cc1Cl)NCc1cccnc1. The largest absolute Gasteiger partial charge is 0.482 e. The maximum absolute atomic E-state index is 12.5. The van der Waals surface area contributed by atoms with Gasteiger partial charge in [-0.05, 0) is 35.4 Å². The first-order valence-corrected chi connectivity index (χ1v) is 10.9. The van der Waals surface area contributed by atoms with E-state index in [4.69, 9.17) is 16.3 Å². The van der Waals surface area contributed by atoms with Crippen molar-refractivity contribution in [1.82, 2.24) is 15.0 Å². The summed E-state index contributed by atoms with van der Waals surface area (Å²) in [6.45, 7) is 0.239. The lowest BCUT2D eigenvalue weighted by atomic mass is 10.2. The van der Waals surface area contributed by atoms with E-state index in [0.29, 0.717) is 6.54 Å². The van der Waals surface area contributed by atoms with Gasteiger partial charge in [-0.2, -0.15) is 0 Å². The van der Waals surface area contributed by atoms with Gasteiger partial charge in [0.15, 0.2) is 6.61 Å². The zero-order valence-electron chi connectivity index (χ0n) is 15.9. The molecule has 0 saturated heterocycles. The monoisotopic (exact) mass is 445 g/mol. The third kappa shape index (κ3) is 6.28. The Labute approximate surface area is 180 Å². The van der Waals surface area contributed by atoms with Crippen molar-refractivity contribution in [2.24, 2.45) is 0 Å². The Bertz CT molecular complexity index is 1090. The van der Waals surface area contributed by atoms with E-state index in [-0.39, 0.29) is 34.7 Å². The lowest BCUT2D eigenvalue weighted by Crippen LogP contribution is -2.28. The number of hydrogen-bond acceptors (Lipinski definition) is 5. The number of benzene rings is 2. The fourth-order valence-electron chi connectivity index (χ4n) is 2.52. The summed E-state index contributed by atoms with van der Waals surface area (Å²) in [5.41, 5.74) is 1.70. The standard InChI is InChI=1S/C21H20ClN3O4S/c22-19-11-18(30(27,28)25-14-16-5-2-1-3-6-16)8-9-20(19)29-15-21(26)24-13-17-7-4-10-23-12-17/h1-12,25H,13-15H2,(H,24,26). The molecule has 7 nitrogen and oxygen atoms in total. The first-order chi connectivity index (χ1) is 14.4. The minimum atomic E-state index is -3.74. The number of amides is 1. The Morgan fingerprint density at radius 1 is 1.00 bits per heavy atom. The second-order valence-electron chi connectivity index (χ2n) is 6.33. The maximum atomic E-state index is 12.5. The van der Waals surface area contributed by atoms with Crippen LogP contribution < -0.4 is 14.8 Å². The van der Waals surface area contributed by atoms with Gasteiger partial charge in [0.1, 0.15) is 5.75 Å². The van der Waals surface area contributed by atoms with Crippen LogP contribution in [0.15, 0.2) is 78.0 Å². The molecule has 2 N–H and O–H groups in total. The van der Waals surface area contributed by atoms with Gasteiger partial charge in [-0.3, -0.25) is 9.78 Å². The van der Waals surface area contributed by atoms with Crippen LogP contribution in [0.5, 0.6) is 5.75 Å². The van der Waals surface area contributed by atoms with Crippen LogP contribution in [-0.4, -0.2) is 25.9 Å². The van der Waals surface area contributed by atoms with Gasteiger partial charge in [0.05, 0.1) is 9.92 Å². The molecule has 0 fully saturated rings. The van der Waals surface area contributed by atoms with Crippen LogP contribution in [-0.2, 0) is 27.9 Å². The number of hydrogen-bond donors (Lipinski definition) is 2. The molecule has 0 aliphatic rings. The van der Waals surface area contributed by atoms with Crippen LogP contribution in [0.4, 0.5) is 0 Å². The molecule has 1 heterocycles. The Kier molecular flexibility index (Phi) is 7.40. The van der Waals surface area contributed by atoms with Crippen LogP contribution in [0, 0.1) is 0 Å². The molecule has 0 radical (unpaired) electrons. The molecular formula is C21H20ClN3O4S. The number of halogens is 1. The maximum Gasteiger partial charge on any atom is 0.258 e. The molecular weight excluding hydrogens is 426 g/mol. The van der Waals surface area contributed by atoms with Gasteiger partial charge < -0.3 is 10.1 Å². The minimum Gasteiger partial charge on any atom is -0.482 e. The number of sulfonamides is 1. The molecule has 0 aliphatic heterocycles.